The number of aryl methyl sites for hydroxylation is 1. The van der Waals surface area contributed by atoms with Crippen LogP contribution in [0.5, 0.6) is 0 Å². The van der Waals surface area contributed by atoms with Crippen molar-refractivity contribution in [2.45, 2.75) is 13.3 Å². The van der Waals surface area contributed by atoms with Gasteiger partial charge in [-0.05, 0) is 18.1 Å². The van der Waals surface area contributed by atoms with Crippen molar-refractivity contribution in [2.75, 3.05) is 7.05 Å². The van der Waals surface area contributed by atoms with Crippen LogP contribution in [0.3, 0.4) is 0 Å². The molecule has 1 rings (SSSR count). The van der Waals surface area contributed by atoms with Gasteiger partial charge in [-0.25, -0.2) is 4.79 Å². The molecule has 0 fully saturated rings. The van der Waals surface area contributed by atoms with E-state index in [1.165, 1.54) is 5.56 Å². The first-order valence-electron chi connectivity index (χ1n) is 3.67. The minimum Gasteiger partial charge on any atom is -0.340 e. The molecule has 0 spiro atoms. The molecule has 1 heterocycles. The summed E-state index contributed by atoms with van der Waals surface area (Å²) >= 11 is 0. The molecule has 0 bridgehead atoms. The van der Waals surface area contributed by atoms with Crippen LogP contribution in [0.25, 0.3) is 0 Å². The van der Waals surface area contributed by atoms with Gasteiger partial charge in [-0.2, -0.15) is 0 Å². The van der Waals surface area contributed by atoms with Crippen molar-refractivity contribution in [2.24, 2.45) is 0 Å². The Bertz CT molecular complexity index is 252. The van der Waals surface area contributed by atoms with E-state index in [1.807, 2.05) is 12.3 Å². The smallest absolute Gasteiger partial charge is 0.325 e. The topological polar surface area (TPSA) is 34.0 Å². The highest BCUT2D eigenvalue weighted by Crippen LogP contribution is 2.00. The molecule has 0 saturated heterocycles. The number of aromatic nitrogens is 1. The quantitative estimate of drug-likeness (QED) is 0.645. The van der Waals surface area contributed by atoms with Gasteiger partial charge >= 0.3 is 6.03 Å². The van der Waals surface area contributed by atoms with Crippen molar-refractivity contribution in [3.8, 4) is 0 Å². The minimum atomic E-state index is -0.0929. The van der Waals surface area contributed by atoms with E-state index < -0.39 is 0 Å². The fourth-order valence-electron chi connectivity index (χ4n) is 0.905. The normalized spacial score (nSPS) is 9.64. The van der Waals surface area contributed by atoms with Crippen molar-refractivity contribution in [1.82, 2.24) is 9.88 Å². The molecule has 0 aliphatic heterocycles. The molecule has 11 heavy (non-hydrogen) atoms. The summed E-state index contributed by atoms with van der Waals surface area (Å²) in [5, 5.41) is 2.54. The summed E-state index contributed by atoms with van der Waals surface area (Å²) in [7, 11) is 1.62. The summed E-state index contributed by atoms with van der Waals surface area (Å²) in [5.74, 6) is 0. The van der Waals surface area contributed by atoms with Crippen LogP contribution < -0.4 is 5.32 Å². The van der Waals surface area contributed by atoms with Crippen molar-refractivity contribution in [3.63, 3.8) is 0 Å². The molecular weight excluding hydrogens is 140 g/mol. The Morgan fingerprint density at radius 1 is 1.73 bits per heavy atom. The molecule has 0 aromatic carbocycles. The van der Waals surface area contributed by atoms with Gasteiger partial charge in [-0.15, -0.1) is 0 Å². The van der Waals surface area contributed by atoms with E-state index in [9.17, 15) is 4.79 Å². The zero-order valence-electron chi connectivity index (χ0n) is 6.79. The zero-order chi connectivity index (χ0) is 8.27. The molecule has 0 radical (unpaired) electrons. The molecule has 1 amide bonds. The monoisotopic (exact) mass is 152 g/mol. The molecule has 0 saturated carbocycles. The lowest BCUT2D eigenvalue weighted by Gasteiger charge is -1.97. The fraction of sp³-hybridized carbons (Fsp3) is 0.375. The molecular formula is C8H12N2O. The molecule has 3 nitrogen and oxygen atoms in total. The summed E-state index contributed by atoms with van der Waals surface area (Å²) in [4.78, 5) is 11.0. The van der Waals surface area contributed by atoms with Crippen molar-refractivity contribution in [3.05, 3.63) is 24.0 Å². The van der Waals surface area contributed by atoms with Crippen LogP contribution in [0.1, 0.15) is 12.5 Å². The van der Waals surface area contributed by atoms with Gasteiger partial charge in [0.2, 0.25) is 0 Å². The fourth-order valence-corrected chi connectivity index (χ4v) is 0.905. The van der Waals surface area contributed by atoms with E-state index in [1.54, 1.807) is 17.8 Å². The Balaban J connectivity index is 2.80. The Morgan fingerprint density at radius 2 is 2.45 bits per heavy atom. The number of amides is 1. The molecule has 0 aliphatic carbocycles. The SMILES string of the molecule is CCc1ccn(C(=O)NC)c1. The third-order valence-corrected chi connectivity index (χ3v) is 1.61. The van der Waals surface area contributed by atoms with Crippen molar-refractivity contribution >= 4 is 6.03 Å². The van der Waals surface area contributed by atoms with E-state index in [2.05, 4.69) is 12.2 Å². The molecule has 60 valence electrons. The third kappa shape index (κ3) is 1.61. The first-order valence-corrected chi connectivity index (χ1v) is 3.67. The van der Waals surface area contributed by atoms with E-state index >= 15 is 0 Å². The summed E-state index contributed by atoms with van der Waals surface area (Å²) < 4.78 is 1.54. The summed E-state index contributed by atoms with van der Waals surface area (Å²) in [5.41, 5.74) is 1.17. The second-order valence-corrected chi connectivity index (χ2v) is 2.34. The maximum absolute atomic E-state index is 11.0. The Labute approximate surface area is 66.0 Å². The number of carbonyl (C=O) groups is 1. The van der Waals surface area contributed by atoms with Gasteiger partial charge in [0, 0.05) is 19.4 Å². The summed E-state index contributed by atoms with van der Waals surface area (Å²) in [6.07, 6.45) is 4.56. The van der Waals surface area contributed by atoms with Gasteiger partial charge in [-0.1, -0.05) is 6.92 Å². The zero-order valence-corrected chi connectivity index (χ0v) is 6.79. The molecule has 3 heteroatoms. The first kappa shape index (κ1) is 7.85. The van der Waals surface area contributed by atoms with E-state index in [0.29, 0.717) is 0 Å². The average molecular weight is 152 g/mol. The van der Waals surface area contributed by atoms with Gasteiger partial charge in [0.1, 0.15) is 0 Å². The highest BCUT2D eigenvalue weighted by molar-refractivity contribution is 5.76. The lowest BCUT2D eigenvalue weighted by Crippen LogP contribution is -2.22. The minimum absolute atomic E-state index is 0.0929. The molecule has 1 aromatic rings. The molecule has 0 atom stereocenters. The van der Waals surface area contributed by atoms with Gasteiger partial charge in [-0.3, -0.25) is 4.57 Å². The molecule has 0 aliphatic rings. The van der Waals surface area contributed by atoms with Crippen LogP contribution in [0.4, 0.5) is 4.79 Å². The third-order valence-electron chi connectivity index (χ3n) is 1.61. The van der Waals surface area contributed by atoms with Crippen LogP contribution in [-0.4, -0.2) is 17.6 Å². The number of carbonyl (C=O) groups excluding carboxylic acids is 1. The van der Waals surface area contributed by atoms with Gasteiger partial charge in [0.25, 0.3) is 0 Å². The number of hydrogen-bond acceptors (Lipinski definition) is 1. The number of nitrogens with one attached hydrogen (secondary N) is 1. The van der Waals surface area contributed by atoms with E-state index in [-0.39, 0.29) is 6.03 Å². The highest BCUT2D eigenvalue weighted by Gasteiger charge is 1.99. The number of rotatable bonds is 1. The van der Waals surface area contributed by atoms with E-state index in [4.69, 9.17) is 0 Å². The van der Waals surface area contributed by atoms with Crippen LogP contribution in [0.2, 0.25) is 0 Å². The average Bonchev–Trinajstić information content (AvgIpc) is 2.50. The first-order chi connectivity index (χ1) is 5.27. The standard InChI is InChI=1S/C8H12N2O/c1-3-7-4-5-10(6-7)8(11)9-2/h4-6H,3H2,1-2H3,(H,9,11). The van der Waals surface area contributed by atoms with Crippen LogP contribution in [-0.2, 0) is 6.42 Å². The van der Waals surface area contributed by atoms with Crippen molar-refractivity contribution < 1.29 is 4.79 Å². The molecule has 1 aromatic heterocycles. The predicted molar refractivity (Wildman–Crippen MR) is 43.7 cm³/mol. The maximum atomic E-state index is 11.0. The highest BCUT2D eigenvalue weighted by atomic mass is 16.2. The molecule has 1 N–H and O–H groups in total. The summed E-state index contributed by atoms with van der Waals surface area (Å²) in [6.45, 7) is 2.06. The maximum Gasteiger partial charge on any atom is 0.325 e. The lowest BCUT2D eigenvalue weighted by molar-refractivity contribution is 0.244. The van der Waals surface area contributed by atoms with E-state index in [0.717, 1.165) is 6.42 Å². The number of nitrogens with zero attached hydrogens (tertiary/aromatic N) is 1. The van der Waals surface area contributed by atoms with Crippen molar-refractivity contribution in [1.29, 1.82) is 0 Å². The molecule has 0 unspecified atom stereocenters. The largest absolute Gasteiger partial charge is 0.340 e. The van der Waals surface area contributed by atoms with Gasteiger partial charge in [0.15, 0.2) is 0 Å². The number of hydrogen-bond donors (Lipinski definition) is 1. The van der Waals surface area contributed by atoms with Crippen LogP contribution in [0.15, 0.2) is 18.5 Å². The second kappa shape index (κ2) is 3.23. The van der Waals surface area contributed by atoms with Gasteiger partial charge < -0.3 is 5.32 Å². The summed E-state index contributed by atoms with van der Waals surface area (Å²) in [6, 6.07) is 1.85. The second-order valence-electron chi connectivity index (χ2n) is 2.34. The van der Waals surface area contributed by atoms with Crippen LogP contribution >= 0.6 is 0 Å². The Kier molecular flexibility index (Phi) is 2.31. The van der Waals surface area contributed by atoms with Gasteiger partial charge in [0.05, 0.1) is 0 Å². The van der Waals surface area contributed by atoms with Crippen LogP contribution in [0, 0.1) is 0 Å². The predicted octanol–water partition coefficient (Wildman–Crippen LogP) is 1.24. The Hall–Kier alpha value is -1.25. The Morgan fingerprint density at radius 3 is 2.91 bits per heavy atom. The lowest BCUT2D eigenvalue weighted by atomic mass is 10.3.